The van der Waals surface area contributed by atoms with E-state index in [1.54, 1.807) is 0 Å². The van der Waals surface area contributed by atoms with Crippen molar-refractivity contribution >= 4 is 16.8 Å². The minimum absolute atomic E-state index is 0.0945. The van der Waals surface area contributed by atoms with E-state index < -0.39 is 0 Å². The lowest BCUT2D eigenvalue weighted by Crippen LogP contribution is -2.40. The number of benzene rings is 1. The van der Waals surface area contributed by atoms with E-state index in [1.165, 1.54) is 0 Å². The van der Waals surface area contributed by atoms with Gasteiger partial charge < -0.3 is 14.6 Å². The van der Waals surface area contributed by atoms with Crippen LogP contribution in [0.1, 0.15) is 23.2 Å². The summed E-state index contributed by atoms with van der Waals surface area (Å²) in [6, 6.07) is 8.05. The van der Waals surface area contributed by atoms with Gasteiger partial charge in [0.25, 0.3) is 5.91 Å². The summed E-state index contributed by atoms with van der Waals surface area (Å²) in [5.74, 6) is 0.0945. The number of hydrogen-bond donors (Lipinski definition) is 1. The highest BCUT2D eigenvalue weighted by molar-refractivity contribution is 6.06. The summed E-state index contributed by atoms with van der Waals surface area (Å²) < 4.78 is 5.35. The summed E-state index contributed by atoms with van der Waals surface area (Å²) in [5.41, 5.74) is 1.78. The van der Waals surface area contributed by atoms with Crippen molar-refractivity contribution in [3.63, 3.8) is 0 Å². The minimum atomic E-state index is 0.0945. The molecule has 2 aromatic rings. The predicted molar refractivity (Wildman–Crippen MR) is 74.2 cm³/mol. The lowest BCUT2D eigenvalue weighted by atomic mass is 10.0. The molecule has 0 aliphatic carbocycles. The molecule has 0 bridgehead atoms. The highest BCUT2D eigenvalue weighted by Crippen LogP contribution is 2.21. The lowest BCUT2D eigenvalue weighted by Gasteiger charge is -2.31. The van der Waals surface area contributed by atoms with Crippen LogP contribution in [-0.4, -0.2) is 42.1 Å². The first-order valence-electron chi connectivity index (χ1n) is 6.68. The van der Waals surface area contributed by atoms with Gasteiger partial charge in [0, 0.05) is 49.0 Å². The fourth-order valence-corrected chi connectivity index (χ4v) is 2.70. The highest BCUT2D eigenvalue weighted by atomic mass is 16.5. The average molecular weight is 258 g/mol. The molecule has 0 radical (unpaired) electrons. The molecular weight excluding hydrogens is 240 g/mol. The van der Waals surface area contributed by atoms with E-state index in [0.717, 1.165) is 42.5 Å². The van der Waals surface area contributed by atoms with Crippen LogP contribution in [0.25, 0.3) is 10.9 Å². The number of hydrogen-bond acceptors (Lipinski definition) is 2. The molecule has 1 amide bonds. The number of carbonyl (C=O) groups excluding carboxylic acids is 1. The molecule has 1 saturated heterocycles. The Balaban J connectivity index is 1.88. The Bertz CT molecular complexity index is 585. The fraction of sp³-hybridized carbons (Fsp3) is 0.400. The van der Waals surface area contributed by atoms with Crippen molar-refractivity contribution in [2.75, 3.05) is 20.3 Å². The van der Waals surface area contributed by atoms with Crippen molar-refractivity contribution < 1.29 is 9.53 Å². The molecule has 19 heavy (non-hydrogen) atoms. The summed E-state index contributed by atoms with van der Waals surface area (Å²) in [4.78, 5) is 17.6. The molecule has 1 aliphatic heterocycles. The molecule has 1 aliphatic rings. The Morgan fingerprint density at radius 1 is 1.32 bits per heavy atom. The minimum Gasteiger partial charge on any atom is -0.381 e. The van der Waals surface area contributed by atoms with E-state index in [9.17, 15) is 4.79 Å². The van der Waals surface area contributed by atoms with Gasteiger partial charge in [0.1, 0.15) is 0 Å². The van der Waals surface area contributed by atoms with Gasteiger partial charge in [0.15, 0.2) is 0 Å². The molecule has 1 N–H and O–H groups in total. The van der Waals surface area contributed by atoms with Crippen LogP contribution in [0.4, 0.5) is 0 Å². The fourth-order valence-electron chi connectivity index (χ4n) is 2.70. The van der Waals surface area contributed by atoms with Crippen LogP contribution < -0.4 is 0 Å². The van der Waals surface area contributed by atoms with E-state index >= 15 is 0 Å². The van der Waals surface area contributed by atoms with Crippen LogP contribution in [-0.2, 0) is 4.74 Å². The average Bonchev–Trinajstić information content (AvgIpc) is 2.95. The van der Waals surface area contributed by atoms with Crippen molar-refractivity contribution in [2.24, 2.45) is 0 Å². The van der Waals surface area contributed by atoms with Gasteiger partial charge >= 0.3 is 0 Å². The molecule has 0 atom stereocenters. The molecule has 1 aromatic heterocycles. The van der Waals surface area contributed by atoms with Gasteiger partial charge in [-0.25, -0.2) is 0 Å². The molecule has 3 rings (SSSR count). The lowest BCUT2D eigenvalue weighted by molar-refractivity contribution is 0.0363. The molecule has 1 fully saturated rings. The summed E-state index contributed by atoms with van der Waals surface area (Å²) in [5, 5.41) is 0.992. The van der Waals surface area contributed by atoms with Gasteiger partial charge in [-0.1, -0.05) is 6.07 Å². The highest BCUT2D eigenvalue weighted by Gasteiger charge is 2.24. The molecular formula is C15H18N2O2. The standard InChI is InChI=1S/C15H18N2O2/c1-17(11-6-9-19-10-7-11)15(18)13-3-2-4-14-12(13)5-8-16-14/h2-5,8,11,16H,6-7,9-10H2,1H3. The normalized spacial score (nSPS) is 16.7. The quantitative estimate of drug-likeness (QED) is 0.899. The molecule has 1 aromatic carbocycles. The third kappa shape index (κ3) is 2.24. The van der Waals surface area contributed by atoms with Gasteiger partial charge in [0.2, 0.25) is 0 Å². The molecule has 0 spiro atoms. The summed E-state index contributed by atoms with van der Waals surface area (Å²) in [6.07, 6.45) is 3.71. The largest absolute Gasteiger partial charge is 0.381 e. The van der Waals surface area contributed by atoms with Crippen molar-refractivity contribution in [2.45, 2.75) is 18.9 Å². The van der Waals surface area contributed by atoms with E-state index in [0.29, 0.717) is 0 Å². The number of fused-ring (bicyclic) bond motifs is 1. The zero-order valence-corrected chi connectivity index (χ0v) is 11.1. The predicted octanol–water partition coefficient (Wildman–Crippen LogP) is 2.42. The number of nitrogens with one attached hydrogen (secondary N) is 1. The maximum Gasteiger partial charge on any atom is 0.254 e. The molecule has 0 unspecified atom stereocenters. The van der Waals surface area contributed by atoms with E-state index in [1.807, 2.05) is 42.4 Å². The van der Waals surface area contributed by atoms with E-state index in [-0.39, 0.29) is 11.9 Å². The van der Waals surface area contributed by atoms with Crippen LogP contribution in [0.15, 0.2) is 30.5 Å². The van der Waals surface area contributed by atoms with Gasteiger partial charge in [-0.2, -0.15) is 0 Å². The summed E-state index contributed by atoms with van der Waals surface area (Å²) in [6.45, 7) is 1.49. The Morgan fingerprint density at radius 2 is 2.11 bits per heavy atom. The van der Waals surface area contributed by atoms with Crippen molar-refractivity contribution in [3.8, 4) is 0 Å². The Hall–Kier alpha value is -1.81. The first kappa shape index (κ1) is 12.2. The van der Waals surface area contributed by atoms with Crippen molar-refractivity contribution in [1.29, 1.82) is 0 Å². The number of H-pyrrole nitrogens is 1. The molecule has 100 valence electrons. The third-order valence-electron chi connectivity index (χ3n) is 3.88. The number of rotatable bonds is 2. The summed E-state index contributed by atoms with van der Waals surface area (Å²) in [7, 11) is 1.89. The van der Waals surface area contributed by atoms with Crippen LogP contribution in [0.2, 0.25) is 0 Å². The zero-order chi connectivity index (χ0) is 13.2. The number of aromatic amines is 1. The van der Waals surface area contributed by atoms with Crippen molar-refractivity contribution in [1.82, 2.24) is 9.88 Å². The van der Waals surface area contributed by atoms with Crippen molar-refractivity contribution in [3.05, 3.63) is 36.0 Å². The number of ether oxygens (including phenoxy) is 1. The number of nitrogens with zero attached hydrogens (tertiary/aromatic N) is 1. The van der Waals surface area contributed by atoms with E-state index in [4.69, 9.17) is 4.74 Å². The third-order valence-corrected chi connectivity index (χ3v) is 3.88. The molecule has 0 saturated carbocycles. The monoisotopic (exact) mass is 258 g/mol. The smallest absolute Gasteiger partial charge is 0.254 e. The van der Waals surface area contributed by atoms with Gasteiger partial charge in [0.05, 0.1) is 0 Å². The van der Waals surface area contributed by atoms with Crippen LogP contribution in [0.3, 0.4) is 0 Å². The number of aromatic nitrogens is 1. The maximum atomic E-state index is 12.6. The number of amides is 1. The SMILES string of the molecule is CN(C(=O)c1cccc2[nH]ccc12)C1CCOCC1. The van der Waals surface area contributed by atoms with Crippen LogP contribution >= 0.6 is 0 Å². The van der Waals surface area contributed by atoms with Gasteiger partial charge in [-0.15, -0.1) is 0 Å². The van der Waals surface area contributed by atoms with Crippen LogP contribution in [0.5, 0.6) is 0 Å². The summed E-state index contributed by atoms with van der Waals surface area (Å²) >= 11 is 0. The maximum absolute atomic E-state index is 12.6. The zero-order valence-electron chi connectivity index (χ0n) is 11.1. The van der Waals surface area contributed by atoms with E-state index in [2.05, 4.69) is 4.98 Å². The second-order valence-electron chi connectivity index (χ2n) is 5.00. The second kappa shape index (κ2) is 5.05. The Labute approximate surface area is 112 Å². The first-order chi connectivity index (χ1) is 9.27. The first-order valence-corrected chi connectivity index (χ1v) is 6.68. The topological polar surface area (TPSA) is 45.3 Å². The number of carbonyl (C=O) groups is 1. The molecule has 4 nitrogen and oxygen atoms in total. The Morgan fingerprint density at radius 3 is 2.89 bits per heavy atom. The Kier molecular flexibility index (Phi) is 3.25. The molecule has 4 heteroatoms. The van der Waals surface area contributed by atoms with Gasteiger partial charge in [-0.3, -0.25) is 4.79 Å². The second-order valence-corrected chi connectivity index (χ2v) is 5.00. The van der Waals surface area contributed by atoms with Gasteiger partial charge in [-0.05, 0) is 31.0 Å². The van der Waals surface area contributed by atoms with Crippen LogP contribution in [0, 0.1) is 0 Å². The molecule has 2 heterocycles.